The number of carbonyl (C=O) groups is 3. The van der Waals surface area contributed by atoms with E-state index in [1.165, 1.54) is 29.8 Å². The van der Waals surface area contributed by atoms with Gasteiger partial charge in [-0.25, -0.2) is 23.1 Å². The molecule has 2 aromatic heterocycles. The molecule has 5 aromatic rings. The summed E-state index contributed by atoms with van der Waals surface area (Å²) in [7, 11) is 0. The normalized spacial score (nSPS) is 15.7. The van der Waals surface area contributed by atoms with Crippen LogP contribution in [0.1, 0.15) is 35.1 Å². The molecule has 1 saturated heterocycles. The van der Waals surface area contributed by atoms with Crippen LogP contribution in [0.4, 0.5) is 18.9 Å². The fourth-order valence-corrected chi connectivity index (χ4v) is 5.88. The highest BCUT2D eigenvalue weighted by Gasteiger charge is 2.40. The minimum atomic E-state index is -1.49. The molecule has 3 aromatic carbocycles. The third-order valence-electron chi connectivity index (χ3n) is 7.81. The maximum absolute atomic E-state index is 15.6. The molecule has 236 valence electrons. The molecule has 3 heterocycles. The predicted molar refractivity (Wildman–Crippen MR) is 170 cm³/mol. The van der Waals surface area contributed by atoms with Gasteiger partial charge in [0.05, 0.1) is 30.1 Å². The largest absolute Gasteiger partial charge is 0.336 e. The van der Waals surface area contributed by atoms with Crippen LogP contribution in [-0.2, 0) is 16.1 Å². The number of hydrogen-bond acceptors (Lipinski definition) is 5. The zero-order valence-electron chi connectivity index (χ0n) is 24.8. The highest BCUT2D eigenvalue weighted by atomic mass is 35.5. The second-order valence-corrected chi connectivity index (χ2v) is 11.3. The van der Waals surface area contributed by atoms with Crippen molar-refractivity contribution in [3.63, 3.8) is 0 Å². The second-order valence-electron chi connectivity index (χ2n) is 10.9. The van der Waals surface area contributed by atoms with Gasteiger partial charge < -0.3 is 14.8 Å². The van der Waals surface area contributed by atoms with Crippen molar-refractivity contribution in [2.24, 2.45) is 0 Å². The Kier molecular flexibility index (Phi) is 8.78. The summed E-state index contributed by atoms with van der Waals surface area (Å²) in [4.78, 5) is 48.4. The van der Waals surface area contributed by atoms with E-state index in [0.29, 0.717) is 32.6 Å². The number of rotatable bonds is 6. The van der Waals surface area contributed by atoms with Gasteiger partial charge in [0, 0.05) is 45.3 Å². The van der Waals surface area contributed by atoms with Crippen molar-refractivity contribution in [3.05, 3.63) is 113 Å². The van der Waals surface area contributed by atoms with Crippen LogP contribution in [0, 0.1) is 23.5 Å². The highest BCUT2D eigenvalue weighted by Crippen LogP contribution is 2.33. The molecule has 0 saturated carbocycles. The van der Waals surface area contributed by atoms with Gasteiger partial charge in [-0.15, -0.1) is 0 Å². The summed E-state index contributed by atoms with van der Waals surface area (Å²) < 4.78 is 45.1. The third-order valence-corrected chi connectivity index (χ3v) is 8.14. The number of ketones is 1. The lowest BCUT2D eigenvalue weighted by atomic mass is 10.0. The van der Waals surface area contributed by atoms with Crippen LogP contribution in [0.15, 0.2) is 79.3 Å². The first-order valence-electron chi connectivity index (χ1n) is 14.5. The monoisotopic (exact) mass is 655 g/mol. The number of aromatic nitrogens is 3. The molecular weight excluding hydrogens is 631 g/mol. The summed E-state index contributed by atoms with van der Waals surface area (Å²) in [5, 5.41) is 3.38. The lowest BCUT2D eigenvalue weighted by molar-refractivity contribution is -0.137. The average Bonchev–Trinajstić information content (AvgIpc) is 3.63. The van der Waals surface area contributed by atoms with Gasteiger partial charge >= 0.3 is 0 Å². The van der Waals surface area contributed by atoms with Crippen molar-refractivity contribution in [2.45, 2.75) is 32.1 Å². The smallest absolute Gasteiger partial charge is 0.247 e. The van der Waals surface area contributed by atoms with E-state index in [1.54, 1.807) is 48.5 Å². The van der Waals surface area contributed by atoms with E-state index in [1.807, 2.05) is 0 Å². The molecule has 6 rings (SSSR count). The molecule has 1 fully saturated rings. The molecule has 0 unspecified atom stereocenters. The number of alkyl halides is 1. The molecule has 1 aliphatic rings. The number of Topliss-reactive ketones (excluding diaryl/α,β-unsaturated/α-hetero) is 1. The average molecular weight is 656 g/mol. The van der Waals surface area contributed by atoms with Crippen LogP contribution < -0.4 is 5.32 Å². The first-order chi connectivity index (χ1) is 22.6. The van der Waals surface area contributed by atoms with E-state index in [2.05, 4.69) is 27.1 Å². The van der Waals surface area contributed by atoms with Crippen LogP contribution in [0.2, 0.25) is 5.02 Å². The first kappa shape index (κ1) is 31.5. The summed E-state index contributed by atoms with van der Waals surface area (Å²) in [5.41, 5.74) is 1.68. The Morgan fingerprint density at radius 2 is 1.70 bits per heavy atom. The summed E-state index contributed by atoms with van der Waals surface area (Å²) in [6.45, 7) is 0.703. The van der Waals surface area contributed by atoms with Gasteiger partial charge in [-0.3, -0.25) is 14.4 Å². The number of carbonyl (C=O) groups excluding carboxylic acids is 3. The summed E-state index contributed by atoms with van der Waals surface area (Å²) in [5.74, 6) is 2.81. The van der Waals surface area contributed by atoms with Crippen molar-refractivity contribution in [3.8, 4) is 23.0 Å². The third kappa shape index (κ3) is 6.46. The lowest BCUT2D eigenvalue weighted by Crippen LogP contribution is -2.44. The molecular formula is C35H25ClF3N5O3. The molecule has 0 aliphatic carbocycles. The van der Waals surface area contributed by atoms with E-state index in [0.717, 1.165) is 17.3 Å². The number of anilines is 1. The zero-order valence-corrected chi connectivity index (χ0v) is 25.6. The van der Waals surface area contributed by atoms with Crippen LogP contribution in [-0.4, -0.2) is 55.8 Å². The zero-order chi connectivity index (χ0) is 33.2. The molecule has 1 aliphatic heterocycles. The van der Waals surface area contributed by atoms with Crippen LogP contribution in [0.5, 0.6) is 0 Å². The van der Waals surface area contributed by atoms with Gasteiger partial charge in [0.25, 0.3) is 0 Å². The van der Waals surface area contributed by atoms with E-state index < -0.39 is 35.7 Å². The minimum Gasteiger partial charge on any atom is -0.336 e. The molecule has 1 N–H and O–H groups in total. The van der Waals surface area contributed by atoms with Crippen LogP contribution >= 0.6 is 11.6 Å². The summed E-state index contributed by atoms with van der Waals surface area (Å²) in [6, 6.07) is 15.0. The van der Waals surface area contributed by atoms with Crippen molar-refractivity contribution in [2.75, 3.05) is 11.9 Å². The van der Waals surface area contributed by atoms with E-state index in [4.69, 9.17) is 11.6 Å². The summed E-state index contributed by atoms with van der Waals surface area (Å²) in [6.07, 6.45) is 1.72. The molecule has 2 amide bonds. The second kappa shape index (κ2) is 13.1. The van der Waals surface area contributed by atoms with E-state index in [-0.39, 0.29) is 42.4 Å². The number of hydrogen-bond donors (Lipinski definition) is 1. The SMILES string of the molecule is CC(=O)c1cn(CC(=O)N2C[C@H](F)C[C@H]2C(=O)Nc2cccc(-c3ccccc3Cl)c2F)c2c(C#Cc3ncc(F)cn3)cccc12. The Labute approximate surface area is 272 Å². The van der Waals surface area contributed by atoms with Crippen molar-refractivity contribution in [1.29, 1.82) is 0 Å². The molecule has 12 heteroatoms. The van der Waals surface area contributed by atoms with Crippen molar-refractivity contribution >= 4 is 45.8 Å². The summed E-state index contributed by atoms with van der Waals surface area (Å²) >= 11 is 6.26. The van der Waals surface area contributed by atoms with Gasteiger partial charge in [0.1, 0.15) is 18.8 Å². The van der Waals surface area contributed by atoms with Crippen LogP contribution in [0.25, 0.3) is 22.0 Å². The Balaban J connectivity index is 1.28. The number of para-hydroxylation sites is 1. The Morgan fingerprint density at radius 3 is 2.45 bits per heavy atom. The Bertz CT molecular complexity index is 2110. The fourth-order valence-electron chi connectivity index (χ4n) is 5.64. The number of amides is 2. The highest BCUT2D eigenvalue weighted by molar-refractivity contribution is 6.33. The molecule has 2 atom stereocenters. The number of nitrogens with zero attached hydrogens (tertiary/aromatic N) is 4. The van der Waals surface area contributed by atoms with E-state index in [9.17, 15) is 23.2 Å². The first-order valence-corrected chi connectivity index (χ1v) is 14.9. The Morgan fingerprint density at radius 1 is 0.979 bits per heavy atom. The number of nitrogens with one attached hydrogen (secondary N) is 1. The predicted octanol–water partition coefficient (Wildman–Crippen LogP) is 6.21. The molecule has 0 spiro atoms. The quantitative estimate of drug-likeness (QED) is 0.173. The number of fused-ring (bicyclic) bond motifs is 1. The maximum Gasteiger partial charge on any atom is 0.247 e. The number of likely N-dealkylation sites (tertiary alicyclic amines) is 1. The fraction of sp³-hybridized carbons (Fsp3) is 0.171. The topological polar surface area (TPSA) is 97.2 Å². The maximum atomic E-state index is 15.6. The minimum absolute atomic E-state index is 0.0677. The van der Waals surface area contributed by atoms with Crippen molar-refractivity contribution < 1.29 is 27.6 Å². The molecule has 47 heavy (non-hydrogen) atoms. The van der Waals surface area contributed by atoms with Gasteiger partial charge in [-0.05, 0) is 31.0 Å². The molecule has 8 nitrogen and oxygen atoms in total. The van der Waals surface area contributed by atoms with Crippen LogP contribution in [0.3, 0.4) is 0 Å². The van der Waals surface area contributed by atoms with Gasteiger partial charge in [0.15, 0.2) is 17.4 Å². The molecule has 0 radical (unpaired) electrons. The van der Waals surface area contributed by atoms with Gasteiger partial charge in [0.2, 0.25) is 17.6 Å². The van der Waals surface area contributed by atoms with Gasteiger partial charge in [-0.2, -0.15) is 0 Å². The number of halogens is 4. The Hall–Kier alpha value is -5.47. The van der Waals surface area contributed by atoms with Gasteiger partial charge in [-0.1, -0.05) is 60.0 Å². The van der Waals surface area contributed by atoms with Crippen molar-refractivity contribution in [1.82, 2.24) is 19.4 Å². The number of benzene rings is 3. The van der Waals surface area contributed by atoms with E-state index >= 15 is 4.39 Å². The molecule has 0 bridgehead atoms. The standard InChI is InChI=1S/C35H25ClF3N5O3/c1-20(45)27-18-43(34-21(6-4-9-26(27)34)12-13-31-40-15-23(38)16-41-31)19-32(46)44-17-22(37)14-30(44)35(47)42-29-11-5-8-25(33(29)39)24-7-2-3-10-28(24)36/h2-11,15-16,18,22,30H,14,17,19H2,1H3,(H,42,47)/t22-,30+/m1/s1. The lowest BCUT2D eigenvalue weighted by Gasteiger charge is -2.24.